The van der Waals surface area contributed by atoms with Crippen molar-refractivity contribution in [1.82, 2.24) is 0 Å². The molecular weight excluding hydrogens is 428 g/mol. The summed E-state index contributed by atoms with van der Waals surface area (Å²) < 4.78 is 16.0. The number of rotatable bonds is 5. The summed E-state index contributed by atoms with van der Waals surface area (Å²) in [6.45, 7) is 0.181. The Balaban J connectivity index is 1.38. The fraction of sp³-hybridized carbons (Fsp3) is 0.167. The van der Waals surface area contributed by atoms with Crippen molar-refractivity contribution in [1.29, 1.82) is 0 Å². The molecule has 1 saturated heterocycles. The molecule has 2 aliphatic rings. The van der Waals surface area contributed by atoms with Crippen LogP contribution in [0, 0.1) is 0 Å². The van der Waals surface area contributed by atoms with Crippen molar-refractivity contribution in [2.45, 2.75) is 5.37 Å². The summed E-state index contributed by atoms with van der Waals surface area (Å²) in [5, 5.41) is 2.72. The molecule has 32 heavy (non-hydrogen) atoms. The largest absolute Gasteiger partial charge is 0.497 e. The van der Waals surface area contributed by atoms with Crippen molar-refractivity contribution in [2.75, 3.05) is 29.9 Å². The molecular formula is C24H20N2O5S. The lowest BCUT2D eigenvalue weighted by Crippen LogP contribution is -2.27. The molecule has 0 bridgehead atoms. The number of methoxy groups -OCH3 is 1. The molecule has 3 aromatic rings. The van der Waals surface area contributed by atoms with Gasteiger partial charge in [-0.2, -0.15) is 0 Å². The van der Waals surface area contributed by atoms with E-state index in [0.717, 1.165) is 11.3 Å². The first-order valence-corrected chi connectivity index (χ1v) is 11.1. The average Bonchev–Trinajstić information content (AvgIpc) is 3.45. The minimum atomic E-state index is -0.215. The number of nitrogens with one attached hydrogen (secondary N) is 1. The van der Waals surface area contributed by atoms with E-state index < -0.39 is 0 Å². The fourth-order valence-electron chi connectivity index (χ4n) is 3.70. The minimum Gasteiger partial charge on any atom is -0.497 e. The standard InChI is InChI=1S/C24H20N2O5S/c1-29-19-8-5-15(6-9-19)23(28)25-17-4-2-3-16(11-17)24-26(22(27)13-32-24)18-7-10-20-21(12-18)31-14-30-20/h2-12,24H,13-14H2,1H3,(H,25,28)/t24-/m0/s1. The normalized spacial score (nSPS) is 16.8. The molecule has 0 aliphatic carbocycles. The van der Waals surface area contributed by atoms with Gasteiger partial charge in [-0.25, -0.2) is 0 Å². The zero-order chi connectivity index (χ0) is 22.1. The Morgan fingerprint density at radius 2 is 1.88 bits per heavy atom. The Morgan fingerprint density at radius 1 is 1.06 bits per heavy atom. The van der Waals surface area contributed by atoms with Gasteiger partial charge in [0, 0.05) is 23.0 Å². The molecule has 0 unspecified atom stereocenters. The monoisotopic (exact) mass is 448 g/mol. The molecule has 1 fully saturated rings. The number of amides is 2. The Labute approximate surface area is 189 Å². The highest BCUT2D eigenvalue weighted by Crippen LogP contribution is 2.45. The van der Waals surface area contributed by atoms with E-state index in [-0.39, 0.29) is 24.0 Å². The maximum absolute atomic E-state index is 12.7. The second-order valence-corrected chi connectivity index (χ2v) is 8.34. The third kappa shape index (κ3) is 3.85. The number of fused-ring (bicyclic) bond motifs is 1. The summed E-state index contributed by atoms with van der Waals surface area (Å²) >= 11 is 1.55. The smallest absolute Gasteiger partial charge is 0.255 e. The number of nitrogens with zero attached hydrogens (tertiary/aromatic N) is 1. The Bertz CT molecular complexity index is 1180. The van der Waals surface area contributed by atoms with Gasteiger partial charge in [0.1, 0.15) is 11.1 Å². The van der Waals surface area contributed by atoms with Crippen molar-refractivity contribution in [2.24, 2.45) is 0 Å². The van der Waals surface area contributed by atoms with Crippen LogP contribution in [0.1, 0.15) is 21.3 Å². The molecule has 0 spiro atoms. The molecule has 0 radical (unpaired) electrons. The molecule has 7 nitrogen and oxygen atoms in total. The molecule has 2 aliphatic heterocycles. The van der Waals surface area contributed by atoms with Crippen molar-refractivity contribution < 1.29 is 23.8 Å². The van der Waals surface area contributed by atoms with Crippen LogP contribution in [-0.4, -0.2) is 31.5 Å². The number of anilines is 2. The molecule has 1 N–H and O–H groups in total. The third-order valence-electron chi connectivity index (χ3n) is 5.28. The van der Waals surface area contributed by atoms with Crippen molar-refractivity contribution in [3.05, 3.63) is 77.9 Å². The third-order valence-corrected chi connectivity index (χ3v) is 6.50. The number of thioether (sulfide) groups is 1. The zero-order valence-corrected chi connectivity index (χ0v) is 18.1. The van der Waals surface area contributed by atoms with E-state index in [4.69, 9.17) is 14.2 Å². The summed E-state index contributed by atoms with van der Waals surface area (Å²) in [7, 11) is 1.58. The Hall–Kier alpha value is -3.65. The lowest BCUT2D eigenvalue weighted by molar-refractivity contribution is -0.115. The van der Waals surface area contributed by atoms with Gasteiger partial charge in [0.25, 0.3) is 5.91 Å². The van der Waals surface area contributed by atoms with E-state index in [1.54, 1.807) is 48.0 Å². The van der Waals surface area contributed by atoms with Gasteiger partial charge >= 0.3 is 0 Å². The highest BCUT2D eigenvalue weighted by atomic mass is 32.2. The lowest BCUT2D eigenvalue weighted by atomic mass is 10.1. The molecule has 162 valence electrons. The zero-order valence-electron chi connectivity index (χ0n) is 17.2. The minimum absolute atomic E-state index is 0.0199. The highest BCUT2D eigenvalue weighted by molar-refractivity contribution is 8.00. The number of ether oxygens (including phenoxy) is 3. The van der Waals surface area contributed by atoms with Gasteiger partial charge in [-0.3, -0.25) is 14.5 Å². The summed E-state index contributed by atoms with van der Waals surface area (Å²) in [5.74, 6) is 2.18. The SMILES string of the molecule is COc1ccc(C(=O)Nc2cccc([C@@H]3SCC(=O)N3c3ccc4c(c3)OCO4)c2)cc1. The van der Waals surface area contributed by atoms with Crippen molar-refractivity contribution in [3.63, 3.8) is 0 Å². The topological polar surface area (TPSA) is 77.1 Å². The van der Waals surface area contributed by atoms with Crippen LogP contribution < -0.4 is 24.4 Å². The van der Waals surface area contributed by atoms with Crippen LogP contribution in [0.4, 0.5) is 11.4 Å². The van der Waals surface area contributed by atoms with Crippen molar-refractivity contribution in [3.8, 4) is 17.2 Å². The molecule has 3 aromatic carbocycles. The maximum atomic E-state index is 12.7. The van der Waals surface area contributed by atoms with E-state index in [1.165, 1.54) is 0 Å². The van der Waals surface area contributed by atoms with E-state index in [0.29, 0.717) is 34.3 Å². The number of benzene rings is 3. The van der Waals surface area contributed by atoms with Gasteiger partial charge in [0.05, 0.1) is 12.9 Å². The first-order chi connectivity index (χ1) is 15.6. The number of carbonyl (C=O) groups is 2. The molecule has 0 saturated carbocycles. The molecule has 8 heteroatoms. The summed E-state index contributed by atoms with van der Waals surface area (Å²) in [5.41, 5.74) is 2.87. The van der Waals surface area contributed by atoms with Gasteiger partial charge in [0.15, 0.2) is 11.5 Å². The Morgan fingerprint density at radius 3 is 2.69 bits per heavy atom. The van der Waals surface area contributed by atoms with Gasteiger partial charge in [-0.15, -0.1) is 11.8 Å². The van der Waals surface area contributed by atoms with Crippen LogP contribution in [-0.2, 0) is 4.79 Å². The second kappa shape index (κ2) is 8.47. The second-order valence-electron chi connectivity index (χ2n) is 7.27. The molecule has 1 atom stereocenters. The lowest BCUT2D eigenvalue weighted by Gasteiger charge is -2.25. The van der Waals surface area contributed by atoms with Crippen LogP contribution in [0.3, 0.4) is 0 Å². The van der Waals surface area contributed by atoms with Crippen LogP contribution in [0.15, 0.2) is 66.7 Å². The van der Waals surface area contributed by atoms with Crippen LogP contribution in [0.2, 0.25) is 0 Å². The molecule has 2 amide bonds. The predicted molar refractivity (Wildman–Crippen MR) is 123 cm³/mol. The van der Waals surface area contributed by atoms with Gasteiger partial charge in [-0.05, 0) is 54.1 Å². The highest BCUT2D eigenvalue weighted by Gasteiger charge is 2.35. The van der Waals surface area contributed by atoms with E-state index in [2.05, 4.69) is 5.32 Å². The molecule has 0 aromatic heterocycles. The average molecular weight is 449 g/mol. The number of hydrogen-bond donors (Lipinski definition) is 1. The summed E-state index contributed by atoms with van der Waals surface area (Å²) in [6, 6.07) is 20.0. The van der Waals surface area contributed by atoms with Crippen LogP contribution >= 0.6 is 11.8 Å². The quantitative estimate of drug-likeness (QED) is 0.621. The predicted octanol–water partition coefficient (Wildman–Crippen LogP) is 4.45. The van der Waals surface area contributed by atoms with Gasteiger partial charge in [-0.1, -0.05) is 12.1 Å². The molecule has 5 rings (SSSR count). The van der Waals surface area contributed by atoms with E-state index in [1.807, 2.05) is 42.5 Å². The number of hydrogen-bond acceptors (Lipinski definition) is 6. The van der Waals surface area contributed by atoms with Crippen molar-refractivity contribution >= 4 is 35.0 Å². The number of carbonyl (C=O) groups excluding carboxylic acids is 2. The maximum Gasteiger partial charge on any atom is 0.255 e. The Kier molecular flexibility index (Phi) is 5.36. The fourth-order valence-corrected chi connectivity index (χ4v) is 4.87. The molecule has 2 heterocycles. The van der Waals surface area contributed by atoms with Crippen LogP contribution in [0.25, 0.3) is 0 Å². The van der Waals surface area contributed by atoms with E-state index in [9.17, 15) is 9.59 Å². The first kappa shape index (κ1) is 20.3. The van der Waals surface area contributed by atoms with E-state index >= 15 is 0 Å². The van der Waals surface area contributed by atoms with Gasteiger partial charge in [0.2, 0.25) is 12.7 Å². The van der Waals surface area contributed by atoms with Crippen LogP contribution in [0.5, 0.6) is 17.2 Å². The first-order valence-electron chi connectivity index (χ1n) is 10.0. The summed E-state index contributed by atoms with van der Waals surface area (Å²) in [4.78, 5) is 27.1. The van der Waals surface area contributed by atoms with Gasteiger partial charge < -0.3 is 19.5 Å². The summed E-state index contributed by atoms with van der Waals surface area (Å²) in [6.07, 6.45) is 0.